The van der Waals surface area contributed by atoms with Gasteiger partial charge in [0.2, 0.25) is 0 Å². The van der Waals surface area contributed by atoms with E-state index < -0.39 is 5.60 Å². The zero-order chi connectivity index (χ0) is 12.5. The molecule has 17 heavy (non-hydrogen) atoms. The second-order valence-corrected chi connectivity index (χ2v) is 4.44. The van der Waals surface area contributed by atoms with Crippen molar-refractivity contribution in [2.45, 2.75) is 32.0 Å². The van der Waals surface area contributed by atoms with Gasteiger partial charge in [0, 0.05) is 19.6 Å². The molecule has 0 bridgehead atoms. The van der Waals surface area contributed by atoms with Crippen LogP contribution in [-0.4, -0.2) is 35.9 Å². The molecule has 1 amide bonds. The Kier molecular flexibility index (Phi) is 3.22. The molecule has 0 aromatic carbocycles. The molecule has 2 unspecified atom stereocenters. The fourth-order valence-corrected chi connectivity index (χ4v) is 1.95. The van der Waals surface area contributed by atoms with Gasteiger partial charge >= 0.3 is 0 Å². The molecule has 1 saturated heterocycles. The van der Waals surface area contributed by atoms with E-state index in [0.717, 1.165) is 0 Å². The van der Waals surface area contributed by atoms with Gasteiger partial charge in [-0.25, -0.2) is 0 Å². The summed E-state index contributed by atoms with van der Waals surface area (Å²) < 4.78 is 10.4. The van der Waals surface area contributed by atoms with E-state index in [1.807, 2.05) is 6.92 Å². The van der Waals surface area contributed by atoms with Gasteiger partial charge in [0.1, 0.15) is 11.4 Å². The zero-order valence-electron chi connectivity index (χ0n) is 10.0. The highest BCUT2D eigenvalue weighted by Crippen LogP contribution is 2.24. The van der Waals surface area contributed by atoms with Crippen LogP contribution in [0, 0.1) is 6.92 Å². The minimum atomic E-state index is -0.965. The first-order chi connectivity index (χ1) is 8.03. The molecule has 0 saturated carbocycles. The van der Waals surface area contributed by atoms with Crippen LogP contribution in [0.1, 0.15) is 29.5 Å². The van der Waals surface area contributed by atoms with Gasteiger partial charge in [0.05, 0.1) is 17.9 Å². The van der Waals surface area contributed by atoms with E-state index in [0.29, 0.717) is 24.4 Å². The average molecular weight is 239 g/mol. The molecule has 2 N–H and O–H groups in total. The van der Waals surface area contributed by atoms with E-state index in [2.05, 4.69) is 5.32 Å². The van der Waals surface area contributed by atoms with E-state index in [4.69, 9.17) is 9.15 Å². The molecule has 0 spiro atoms. The van der Waals surface area contributed by atoms with Crippen LogP contribution in [0.15, 0.2) is 16.7 Å². The van der Waals surface area contributed by atoms with Crippen molar-refractivity contribution in [3.05, 3.63) is 23.7 Å². The third kappa shape index (κ3) is 2.35. The number of ether oxygens (including phenoxy) is 1. The van der Waals surface area contributed by atoms with Crippen LogP contribution in [0.4, 0.5) is 0 Å². The van der Waals surface area contributed by atoms with Crippen molar-refractivity contribution < 1.29 is 19.1 Å². The molecule has 2 rings (SSSR count). The van der Waals surface area contributed by atoms with Crippen molar-refractivity contribution in [3.8, 4) is 0 Å². The summed E-state index contributed by atoms with van der Waals surface area (Å²) in [6, 6.07) is 1.61. The van der Waals surface area contributed by atoms with Gasteiger partial charge in [0.25, 0.3) is 5.91 Å². The Labute approximate surface area is 99.8 Å². The van der Waals surface area contributed by atoms with Crippen molar-refractivity contribution in [1.29, 1.82) is 0 Å². The molecule has 1 aliphatic rings. The Hall–Kier alpha value is -1.33. The monoisotopic (exact) mass is 239 g/mol. The molecule has 5 heteroatoms. The normalized spacial score (nSPS) is 28.3. The summed E-state index contributed by atoms with van der Waals surface area (Å²) in [6.45, 7) is 4.25. The summed E-state index contributed by atoms with van der Waals surface area (Å²) in [6.07, 6.45) is 1.76. The minimum Gasteiger partial charge on any atom is -0.469 e. The van der Waals surface area contributed by atoms with E-state index in [1.54, 1.807) is 13.0 Å². The standard InChI is InChI=1S/C12H17NO4/c1-8-10(3-5-16-8)11(14)13-7-12(15)4-6-17-9(12)2/h3,5,9,15H,4,6-7H2,1-2H3,(H,13,14). The van der Waals surface area contributed by atoms with Crippen LogP contribution < -0.4 is 5.32 Å². The number of aryl methyl sites for hydroxylation is 1. The van der Waals surface area contributed by atoms with Gasteiger partial charge in [-0.1, -0.05) is 0 Å². The van der Waals surface area contributed by atoms with Crippen molar-refractivity contribution >= 4 is 5.91 Å². The molecular weight excluding hydrogens is 222 g/mol. The van der Waals surface area contributed by atoms with Crippen molar-refractivity contribution in [2.24, 2.45) is 0 Å². The Morgan fingerprint density at radius 1 is 1.71 bits per heavy atom. The van der Waals surface area contributed by atoms with Gasteiger partial charge in [0.15, 0.2) is 0 Å². The summed E-state index contributed by atoms with van der Waals surface area (Å²) >= 11 is 0. The number of carbonyl (C=O) groups is 1. The quantitative estimate of drug-likeness (QED) is 0.820. The second-order valence-electron chi connectivity index (χ2n) is 4.44. The Morgan fingerprint density at radius 3 is 3.00 bits per heavy atom. The molecule has 1 aromatic heterocycles. The lowest BCUT2D eigenvalue weighted by Crippen LogP contribution is -2.47. The third-order valence-electron chi connectivity index (χ3n) is 3.32. The Morgan fingerprint density at radius 2 is 2.47 bits per heavy atom. The molecule has 1 fully saturated rings. The lowest BCUT2D eigenvalue weighted by Gasteiger charge is -2.26. The number of hydrogen-bond acceptors (Lipinski definition) is 4. The molecule has 94 valence electrons. The third-order valence-corrected chi connectivity index (χ3v) is 3.32. The van der Waals surface area contributed by atoms with Crippen LogP contribution >= 0.6 is 0 Å². The first-order valence-electron chi connectivity index (χ1n) is 5.69. The van der Waals surface area contributed by atoms with Gasteiger partial charge in [-0.2, -0.15) is 0 Å². The molecule has 1 aromatic rings. The Bertz CT molecular complexity index is 414. The van der Waals surface area contributed by atoms with Gasteiger partial charge < -0.3 is 19.6 Å². The summed E-state index contributed by atoms with van der Waals surface area (Å²) in [5.74, 6) is 0.342. The lowest BCUT2D eigenvalue weighted by molar-refractivity contribution is -0.0251. The van der Waals surface area contributed by atoms with Crippen molar-refractivity contribution in [2.75, 3.05) is 13.2 Å². The number of rotatable bonds is 3. The minimum absolute atomic E-state index is 0.192. The fourth-order valence-electron chi connectivity index (χ4n) is 1.95. The summed E-state index contributed by atoms with van der Waals surface area (Å²) in [5.41, 5.74) is -0.465. The topological polar surface area (TPSA) is 71.7 Å². The maximum Gasteiger partial charge on any atom is 0.254 e. The molecule has 2 atom stereocenters. The molecule has 2 heterocycles. The second kappa shape index (κ2) is 4.50. The van der Waals surface area contributed by atoms with E-state index >= 15 is 0 Å². The van der Waals surface area contributed by atoms with Gasteiger partial charge in [-0.05, 0) is 19.9 Å². The number of hydrogen-bond donors (Lipinski definition) is 2. The first-order valence-corrected chi connectivity index (χ1v) is 5.69. The largest absolute Gasteiger partial charge is 0.469 e. The number of nitrogens with one attached hydrogen (secondary N) is 1. The van der Waals surface area contributed by atoms with Crippen molar-refractivity contribution in [1.82, 2.24) is 5.32 Å². The van der Waals surface area contributed by atoms with E-state index in [9.17, 15) is 9.90 Å². The van der Waals surface area contributed by atoms with Crippen molar-refractivity contribution in [3.63, 3.8) is 0 Å². The number of carbonyl (C=O) groups excluding carboxylic acids is 1. The predicted octanol–water partition coefficient (Wildman–Crippen LogP) is 0.858. The first kappa shape index (κ1) is 12.1. The average Bonchev–Trinajstić information content (AvgIpc) is 2.84. The molecule has 5 nitrogen and oxygen atoms in total. The maximum atomic E-state index is 11.8. The zero-order valence-corrected chi connectivity index (χ0v) is 10.0. The highest BCUT2D eigenvalue weighted by Gasteiger charge is 2.39. The summed E-state index contributed by atoms with van der Waals surface area (Å²) in [4.78, 5) is 11.8. The van der Waals surface area contributed by atoms with E-state index in [1.165, 1.54) is 6.26 Å². The molecule has 1 aliphatic heterocycles. The maximum absolute atomic E-state index is 11.8. The van der Waals surface area contributed by atoms with Crippen LogP contribution in [0.3, 0.4) is 0 Å². The number of amides is 1. The smallest absolute Gasteiger partial charge is 0.254 e. The molecular formula is C12H17NO4. The lowest BCUT2D eigenvalue weighted by atomic mass is 9.96. The van der Waals surface area contributed by atoms with Crippen LogP contribution in [-0.2, 0) is 4.74 Å². The number of furan rings is 1. The SMILES string of the molecule is Cc1occc1C(=O)NCC1(O)CCOC1C. The van der Waals surface area contributed by atoms with E-state index in [-0.39, 0.29) is 18.6 Å². The fraction of sp³-hybridized carbons (Fsp3) is 0.583. The Balaban J connectivity index is 1.95. The summed E-state index contributed by atoms with van der Waals surface area (Å²) in [7, 11) is 0. The van der Waals surface area contributed by atoms with Gasteiger partial charge in [-0.15, -0.1) is 0 Å². The van der Waals surface area contributed by atoms with Gasteiger partial charge in [-0.3, -0.25) is 4.79 Å². The summed E-state index contributed by atoms with van der Waals surface area (Å²) in [5, 5.41) is 12.9. The molecule has 0 aliphatic carbocycles. The van der Waals surface area contributed by atoms with Crippen LogP contribution in [0.5, 0.6) is 0 Å². The van der Waals surface area contributed by atoms with Crippen LogP contribution in [0.25, 0.3) is 0 Å². The highest BCUT2D eigenvalue weighted by atomic mass is 16.5. The van der Waals surface area contributed by atoms with Crippen LogP contribution in [0.2, 0.25) is 0 Å². The predicted molar refractivity (Wildman–Crippen MR) is 60.8 cm³/mol. The molecule has 0 radical (unpaired) electrons. The highest BCUT2D eigenvalue weighted by molar-refractivity contribution is 5.95. The number of aliphatic hydroxyl groups is 1.